The fourth-order valence-electron chi connectivity index (χ4n) is 1.27. The summed E-state index contributed by atoms with van der Waals surface area (Å²) < 4.78 is 5.08. The van der Waals surface area contributed by atoms with Gasteiger partial charge in [0, 0.05) is 31.5 Å². The number of nitrogens with zero attached hydrogens (tertiary/aromatic N) is 2. The van der Waals surface area contributed by atoms with E-state index >= 15 is 0 Å². The molecular weight excluding hydrogens is 178 g/mol. The minimum Gasteiger partial charge on any atom is -0.383 e. The molecule has 0 aromatic carbocycles. The highest BCUT2D eigenvalue weighted by atomic mass is 16.5. The molecule has 0 spiro atoms. The molecule has 4 nitrogen and oxygen atoms in total. The summed E-state index contributed by atoms with van der Waals surface area (Å²) >= 11 is 0. The SMILES string of the molecule is CNC(COC)Cc1nccc(C)n1. The summed E-state index contributed by atoms with van der Waals surface area (Å²) in [6, 6.07) is 2.18. The van der Waals surface area contributed by atoms with E-state index in [4.69, 9.17) is 4.74 Å². The van der Waals surface area contributed by atoms with Gasteiger partial charge in [0.1, 0.15) is 5.82 Å². The van der Waals surface area contributed by atoms with Gasteiger partial charge in [-0.05, 0) is 20.0 Å². The van der Waals surface area contributed by atoms with Crippen molar-refractivity contribution in [3.8, 4) is 0 Å². The van der Waals surface area contributed by atoms with Gasteiger partial charge in [-0.25, -0.2) is 9.97 Å². The molecule has 0 aliphatic rings. The molecule has 1 aromatic rings. The molecule has 1 atom stereocenters. The van der Waals surface area contributed by atoms with Crippen molar-refractivity contribution in [1.82, 2.24) is 15.3 Å². The maximum absolute atomic E-state index is 5.08. The lowest BCUT2D eigenvalue weighted by molar-refractivity contribution is 0.168. The normalized spacial score (nSPS) is 12.8. The second kappa shape index (κ2) is 5.67. The molecule has 1 unspecified atom stereocenters. The Bertz CT molecular complexity index is 278. The number of nitrogens with one attached hydrogen (secondary N) is 1. The zero-order chi connectivity index (χ0) is 10.4. The number of hydrogen-bond donors (Lipinski definition) is 1. The Morgan fingerprint density at radius 1 is 1.57 bits per heavy atom. The van der Waals surface area contributed by atoms with Crippen LogP contribution in [0, 0.1) is 6.92 Å². The van der Waals surface area contributed by atoms with Crippen LogP contribution in [0.15, 0.2) is 12.3 Å². The minimum atomic E-state index is 0.279. The van der Waals surface area contributed by atoms with Crippen molar-refractivity contribution in [2.75, 3.05) is 20.8 Å². The van der Waals surface area contributed by atoms with Gasteiger partial charge >= 0.3 is 0 Å². The molecule has 1 aromatic heterocycles. The predicted octanol–water partition coefficient (Wildman–Crippen LogP) is 0.562. The number of methoxy groups -OCH3 is 1. The third-order valence-electron chi connectivity index (χ3n) is 2.05. The molecule has 1 heterocycles. The smallest absolute Gasteiger partial charge is 0.130 e. The van der Waals surface area contributed by atoms with E-state index in [0.29, 0.717) is 6.61 Å². The fourth-order valence-corrected chi connectivity index (χ4v) is 1.27. The Balaban J connectivity index is 2.57. The Morgan fingerprint density at radius 2 is 2.36 bits per heavy atom. The average Bonchev–Trinajstić information content (AvgIpc) is 2.17. The highest BCUT2D eigenvalue weighted by Gasteiger charge is 2.08. The van der Waals surface area contributed by atoms with Crippen molar-refractivity contribution >= 4 is 0 Å². The number of likely N-dealkylation sites (N-methyl/N-ethyl adjacent to an activating group) is 1. The molecule has 14 heavy (non-hydrogen) atoms. The quantitative estimate of drug-likeness (QED) is 0.746. The largest absolute Gasteiger partial charge is 0.383 e. The van der Waals surface area contributed by atoms with Crippen LogP contribution < -0.4 is 5.32 Å². The van der Waals surface area contributed by atoms with E-state index in [1.54, 1.807) is 13.3 Å². The molecule has 0 saturated carbocycles. The van der Waals surface area contributed by atoms with Crippen LogP contribution in [0.25, 0.3) is 0 Å². The van der Waals surface area contributed by atoms with Gasteiger partial charge in [0.15, 0.2) is 0 Å². The van der Waals surface area contributed by atoms with E-state index in [1.165, 1.54) is 0 Å². The Labute approximate surface area is 84.7 Å². The van der Waals surface area contributed by atoms with Gasteiger partial charge in [-0.1, -0.05) is 0 Å². The number of ether oxygens (including phenoxy) is 1. The first-order valence-electron chi connectivity index (χ1n) is 4.71. The summed E-state index contributed by atoms with van der Waals surface area (Å²) in [5.41, 5.74) is 1.00. The van der Waals surface area contributed by atoms with E-state index in [9.17, 15) is 0 Å². The van der Waals surface area contributed by atoms with Crippen molar-refractivity contribution in [3.05, 3.63) is 23.8 Å². The van der Waals surface area contributed by atoms with E-state index in [2.05, 4.69) is 15.3 Å². The first-order valence-corrected chi connectivity index (χ1v) is 4.71. The summed E-state index contributed by atoms with van der Waals surface area (Å²) in [6.07, 6.45) is 2.59. The summed E-state index contributed by atoms with van der Waals surface area (Å²) in [7, 11) is 3.61. The van der Waals surface area contributed by atoms with Gasteiger partial charge in [0.2, 0.25) is 0 Å². The average molecular weight is 195 g/mol. The Hall–Kier alpha value is -1.00. The van der Waals surface area contributed by atoms with Crippen LogP contribution in [-0.4, -0.2) is 36.8 Å². The van der Waals surface area contributed by atoms with Gasteiger partial charge in [0.25, 0.3) is 0 Å². The summed E-state index contributed by atoms with van der Waals surface area (Å²) in [4.78, 5) is 8.54. The van der Waals surface area contributed by atoms with Crippen LogP contribution in [0.2, 0.25) is 0 Å². The van der Waals surface area contributed by atoms with Crippen LogP contribution in [0.1, 0.15) is 11.5 Å². The molecule has 0 saturated heterocycles. The highest BCUT2D eigenvalue weighted by molar-refractivity contribution is 5.00. The monoisotopic (exact) mass is 195 g/mol. The second-order valence-corrected chi connectivity index (χ2v) is 3.26. The van der Waals surface area contributed by atoms with Gasteiger partial charge in [0.05, 0.1) is 6.61 Å². The zero-order valence-electron chi connectivity index (χ0n) is 8.95. The summed E-state index contributed by atoms with van der Waals surface area (Å²) in [5.74, 6) is 0.862. The van der Waals surface area contributed by atoms with E-state index < -0.39 is 0 Å². The number of aryl methyl sites for hydroxylation is 1. The van der Waals surface area contributed by atoms with Crippen molar-refractivity contribution < 1.29 is 4.74 Å². The lowest BCUT2D eigenvalue weighted by Crippen LogP contribution is -2.32. The van der Waals surface area contributed by atoms with Crippen LogP contribution in [0.5, 0.6) is 0 Å². The fraction of sp³-hybridized carbons (Fsp3) is 0.600. The topological polar surface area (TPSA) is 47.0 Å². The maximum atomic E-state index is 5.08. The molecule has 78 valence electrons. The van der Waals surface area contributed by atoms with Gasteiger partial charge in [-0.2, -0.15) is 0 Å². The summed E-state index contributed by atoms with van der Waals surface area (Å²) in [6.45, 7) is 2.64. The van der Waals surface area contributed by atoms with Crippen molar-refractivity contribution in [3.63, 3.8) is 0 Å². The molecule has 4 heteroatoms. The molecule has 0 amide bonds. The second-order valence-electron chi connectivity index (χ2n) is 3.26. The highest BCUT2D eigenvalue weighted by Crippen LogP contribution is 1.98. The number of rotatable bonds is 5. The van der Waals surface area contributed by atoms with E-state index in [0.717, 1.165) is 17.9 Å². The van der Waals surface area contributed by atoms with Crippen LogP contribution in [-0.2, 0) is 11.2 Å². The maximum Gasteiger partial charge on any atom is 0.130 e. The van der Waals surface area contributed by atoms with E-state index in [-0.39, 0.29) is 6.04 Å². The van der Waals surface area contributed by atoms with Gasteiger partial charge < -0.3 is 10.1 Å². The first kappa shape index (κ1) is 11.1. The van der Waals surface area contributed by atoms with Crippen LogP contribution >= 0.6 is 0 Å². The molecule has 0 fully saturated rings. The molecule has 0 aliphatic heterocycles. The third kappa shape index (κ3) is 3.40. The Kier molecular flexibility index (Phi) is 4.49. The van der Waals surface area contributed by atoms with Gasteiger partial charge in [-0.3, -0.25) is 0 Å². The van der Waals surface area contributed by atoms with Crippen molar-refractivity contribution in [2.24, 2.45) is 0 Å². The molecule has 0 bridgehead atoms. The van der Waals surface area contributed by atoms with Crippen LogP contribution in [0.4, 0.5) is 0 Å². The molecule has 1 N–H and O–H groups in total. The Morgan fingerprint density at radius 3 is 2.93 bits per heavy atom. The summed E-state index contributed by atoms with van der Waals surface area (Å²) in [5, 5.41) is 3.17. The standard InChI is InChI=1S/C10H17N3O/c1-8-4-5-12-10(13-8)6-9(11-2)7-14-3/h4-5,9,11H,6-7H2,1-3H3. The zero-order valence-corrected chi connectivity index (χ0v) is 8.95. The van der Waals surface area contributed by atoms with Gasteiger partial charge in [-0.15, -0.1) is 0 Å². The van der Waals surface area contributed by atoms with Crippen molar-refractivity contribution in [1.29, 1.82) is 0 Å². The molecule has 1 rings (SSSR count). The molecular formula is C10H17N3O. The lowest BCUT2D eigenvalue weighted by Gasteiger charge is -2.13. The molecule has 0 aliphatic carbocycles. The van der Waals surface area contributed by atoms with E-state index in [1.807, 2.05) is 20.0 Å². The number of aromatic nitrogens is 2. The third-order valence-corrected chi connectivity index (χ3v) is 2.05. The molecule has 0 radical (unpaired) electrons. The lowest BCUT2D eigenvalue weighted by atomic mass is 10.2. The predicted molar refractivity (Wildman–Crippen MR) is 55.2 cm³/mol. The minimum absolute atomic E-state index is 0.279. The first-order chi connectivity index (χ1) is 6.76. The number of hydrogen-bond acceptors (Lipinski definition) is 4. The van der Waals surface area contributed by atoms with Crippen molar-refractivity contribution in [2.45, 2.75) is 19.4 Å². The van der Waals surface area contributed by atoms with Crippen LogP contribution in [0.3, 0.4) is 0 Å².